The molecule has 0 radical (unpaired) electrons. The molecule has 0 unspecified atom stereocenters. The van der Waals surface area contributed by atoms with Crippen LogP contribution in [0.1, 0.15) is 11.1 Å². The molecule has 0 amide bonds. The van der Waals surface area contributed by atoms with Gasteiger partial charge in [0.25, 0.3) is 0 Å². The van der Waals surface area contributed by atoms with Crippen molar-refractivity contribution in [1.82, 2.24) is 0 Å². The molecule has 0 aliphatic heterocycles. The van der Waals surface area contributed by atoms with Crippen LogP contribution in [0.15, 0.2) is 48.6 Å². The summed E-state index contributed by atoms with van der Waals surface area (Å²) in [5.41, 5.74) is 2.16. The highest BCUT2D eigenvalue weighted by Crippen LogP contribution is 2.19. The largest absolute Gasteiger partial charge is 0.392 e. The number of aliphatic hydroxyl groups excluding tert-OH is 2. The van der Waals surface area contributed by atoms with Crippen LogP contribution in [0.5, 0.6) is 0 Å². The van der Waals surface area contributed by atoms with Crippen LogP contribution in [-0.2, 0) is 0 Å². The monoisotopic (exact) mass is 240 g/mol. The van der Waals surface area contributed by atoms with Crippen molar-refractivity contribution in [2.24, 2.45) is 0 Å². The van der Waals surface area contributed by atoms with E-state index in [1.165, 1.54) is 0 Å². The number of hydrogen-bond acceptors (Lipinski definition) is 2. The normalized spacial score (nSPS) is 11.9. The number of hydrogen-bond donors (Lipinski definition) is 2. The molecule has 2 N–H and O–H groups in total. The van der Waals surface area contributed by atoms with Crippen molar-refractivity contribution in [1.29, 1.82) is 0 Å². The summed E-state index contributed by atoms with van der Waals surface area (Å²) in [6.07, 6.45) is 7.25. The Balaban J connectivity index is 2.35. The van der Waals surface area contributed by atoms with Gasteiger partial charge >= 0.3 is 0 Å². The first-order valence-electron chi connectivity index (χ1n) is 5.92. The molecule has 18 heavy (non-hydrogen) atoms. The molecular formula is C16H16O2. The Morgan fingerprint density at radius 2 is 1.17 bits per heavy atom. The Labute approximate surface area is 107 Å². The van der Waals surface area contributed by atoms with Gasteiger partial charge in [0, 0.05) is 0 Å². The lowest BCUT2D eigenvalue weighted by Crippen LogP contribution is -1.80. The standard InChI is InChI=1S/C16H16O2/c17-9-1-3-13-5-7-16-12-14(4-2-10-18)6-8-15(16)11-13/h1-8,11-12,17-18H,9-10H2. The Morgan fingerprint density at radius 3 is 1.56 bits per heavy atom. The predicted molar refractivity (Wildman–Crippen MR) is 76.2 cm³/mol. The summed E-state index contributed by atoms with van der Waals surface area (Å²) in [6.45, 7) is 0.117. The van der Waals surface area contributed by atoms with Gasteiger partial charge in [0.15, 0.2) is 0 Å². The first-order chi connectivity index (χ1) is 8.83. The maximum atomic E-state index is 8.74. The van der Waals surface area contributed by atoms with Crippen LogP contribution in [0.3, 0.4) is 0 Å². The number of aliphatic hydroxyl groups is 2. The van der Waals surface area contributed by atoms with Crippen LogP contribution in [0.2, 0.25) is 0 Å². The third kappa shape index (κ3) is 3.06. The van der Waals surface area contributed by atoms with Crippen LogP contribution in [0.25, 0.3) is 22.9 Å². The second kappa shape index (κ2) is 6.15. The van der Waals surface area contributed by atoms with Gasteiger partial charge in [-0.15, -0.1) is 0 Å². The van der Waals surface area contributed by atoms with E-state index in [-0.39, 0.29) is 13.2 Å². The van der Waals surface area contributed by atoms with Crippen LogP contribution in [0.4, 0.5) is 0 Å². The van der Waals surface area contributed by atoms with Crippen LogP contribution in [-0.4, -0.2) is 23.4 Å². The summed E-state index contributed by atoms with van der Waals surface area (Å²) in [6, 6.07) is 12.3. The smallest absolute Gasteiger partial charge is 0.0615 e. The van der Waals surface area contributed by atoms with Crippen molar-refractivity contribution in [3.63, 3.8) is 0 Å². The van der Waals surface area contributed by atoms with Gasteiger partial charge in [0.1, 0.15) is 0 Å². The molecule has 2 rings (SSSR count). The first-order valence-corrected chi connectivity index (χ1v) is 5.92. The highest BCUT2D eigenvalue weighted by molar-refractivity contribution is 5.86. The second-order valence-corrected chi connectivity index (χ2v) is 4.04. The van der Waals surface area contributed by atoms with Crippen molar-refractivity contribution in [3.05, 3.63) is 59.7 Å². The van der Waals surface area contributed by atoms with Gasteiger partial charge in [-0.25, -0.2) is 0 Å². The predicted octanol–water partition coefficient (Wildman–Crippen LogP) is 2.85. The van der Waals surface area contributed by atoms with E-state index in [9.17, 15) is 0 Å². The lowest BCUT2D eigenvalue weighted by Gasteiger charge is -2.01. The van der Waals surface area contributed by atoms with Crippen LogP contribution >= 0.6 is 0 Å². The zero-order valence-electron chi connectivity index (χ0n) is 10.1. The van der Waals surface area contributed by atoms with Gasteiger partial charge in [-0.1, -0.05) is 48.6 Å². The number of rotatable bonds is 4. The lowest BCUT2D eigenvalue weighted by molar-refractivity contribution is 0.343. The minimum atomic E-state index is 0.0585. The topological polar surface area (TPSA) is 40.5 Å². The molecule has 2 nitrogen and oxygen atoms in total. The summed E-state index contributed by atoms with van der Waals surface area (Å²) in [7, 11) is 0. The van der Waals surface area contributed by atoms with Crippen molar-refractivity contribution >= 4 is 22.9 Å². The summed E-state index contributed by atoms with van der Waals surface area (Å²) in [5.74, 6) is 0. The van der Waals surface area contributed by atoms with E-state index >= 15 is 0 Å². The molecule has 0 saturated heterocycles. The highest BCUT2D eigenvalue weighted by Gasteiger charge is 1.95. The van der Waals surface area contributed by atoms with E-state index in [2.05, 4.69) is 24.3 Å². The minimum absolute atomic E-state index is 0.0585. The van der Waals surface area contributed by atoms with Gasteiger partial charge in [-0.2, -0.15) is 0 Å². The third-order valence-electron chi connectivity index (χ3n) is 2.72. The van der Waals surface area contributed by atoms with Gasteiger partial charge < -0.3 is 10.2 Å². The molecule has 0 fully saturated rings. The second-order valence-electron chi connectivity index (χ2n) is 4.04. The molecule has 2 aromatic carbocycles. The zero-order chi connectivity index (χ0) is 12.8. The summed E-state index contributed by atoms with van der Waals surface area (Å²) < 4.78 is 0. The van der Waals surface area contributed by atoms with E-state index in [0.717, 1.165) is 21.9 Å². The van der Waals surface area contributed by atoms with Crippen molar-refractivity contribution in [2.45, 2.75) is 0 Å². The van der Waals surface area contributed by atoms with E-state index < -0.39 is 0 Å². The van der Waals surface area contributed by atoms with E-state index in [4.69, 9.17) is 10.2 Å². The Bertz CT molecular complexity index is 529. The van der Waals surface area contributed by atoms with E-state index in [1.807, 2.05) is 24.3 Å². The lowest BCUT2D eigenvalue weighted by atomic mass is 10.0. The van der Waals surface area contributed by atoms with E-state index in [1.54, 1.807) is 12.2 Å². The maximum absolute atomic E-state index is 8.74. The molecule has 2 aromatic rings. The molecule has 0 saturated carbocycles. The van der Waals surface area contributed by atoms with Crippen LogP contribution in [0, 0.1) is 0 Å². The summed E-state index contributed by atoms with van der Waals surface area (Å²) >= 11 is 0. The maximum Gasteiger partial charge on any atom is 0.0615 e. The molecule has 2 heteroatoms. The van der Waals surface area contributed by atoms with Crippen molar-refractivity contribution < 1.29 is 10.2 Å². The summed E-state index contributed by atoms with van der Waals surface area (Å²) in [4.78, 5) is 0. The highest BCUT2D eigenvalue weighted by atomic mass is 16.3. The molecule has 0 atom stereocenters. The fourth-order valence-electron chi connectivity index (χ4n) is 1.87. The van der Waals surface area contributed by atoms with Gasteiger partial charge in [0.2, 0.25) is 0 Å². The molecule has 0 heterocycles. The van der Waals surface area contributed by atoms with Gasteiger partial charge in [-0.05, 0) is 34.0 Å². The average molecular weight is 240 g/mol. The Kier molecular flexibility index (Phi) is 4.29. The minimum Gasteiger partial charge on any atom is -0.392 e. The SMILES string of the molecule is OCC=Cc1ccc2cc(C=CCO)ccc2c1. The molecule has 0 aliphatic carbocycles. The van der Waals surface area contributed by atoms with Crippen molar-refractivity contribution in [2.75, 3.05) is 13.2 Å². The number of benzene rings is 2. The summed E-state index contributed by atoms with van der Waals surface area (Å²) in [5, 5.41) is 19.8. The quantitative estimate of drug-likeness (QED) is 0.862. The molecule has 0 bridgehead atoms. The van der Waals surface area contributed by atoms with Crippen molar-refractivity contribution in [3.8, 4) is 0 Å². The Hall–Kier alpha value is -1.90. The van der Waals surface area contributed by atoms with Crippen LogP contribution < -0.4 is 0 Å². The molecule has 92 valence electrons. The molecule has 0 spiro atoms. The van der Waals surface area contributed by atoms with E-state index in [0.29, 0.717) is 0 Å². The molecule has 0 aliphatic rings. The fraction of sp³-hybridized carbons (Fsp3) is 0.125. The zero-order valence-corrected chi connectivity index (χ0v) is 10.1. The first kappa shape index (κ1) is 12.6. The Morgan fingerprint density at radius 1 is 0.722 bits per heavy atom. The third-order valence-corrected chi connectivity index (χ3v) is 2.72. The van der Waals surface area contributed by atoms with Gasteiger partial charge in [0.05, 0.1) is 13.2 Å². The molecular weight excluding hydrogens is 224 g/mol. The molecule has 0 aromatic heterocycles. The average Bonchev–Trinajstić information content (AvgIpc) is 2.42. The fourth-order valence-corrected chi connectivity index (χ4v) is 1.87. The van der Waals surface area contributed by atoms with Gasteiger partial charge in [-0.3, -0.25) is 0 Å². The number of fused-ring (bicyclic) bond motifs is 1.